The number of aryl methyl sites for hydroxylation is 2. The summed E-state index contributed by atoms with van der Waals surface area (Å²) in [7, 11) is 0. The zero-order valence-electron chi connectivity index (χ0n) is 12.9. The highest BCUT2D eigenvalue weighted by Gasteiger charge is 2.15. The lowest BCUT2D eigenvalue weighted by Crippen LogP contribution is -2.14. The van der Waals surface area contributed by atoms with Gasteiger partial charge in [-0.1, -0.05) is 32.0 Å². The maximum Gasteiger partial charge on any atom is 0.0947 e. The number of fused-ring (bicyclic) bond motifs is 1. The van der Waals surface area contributed by atoms with Crippen LogP contribution in [0.1, 0.15) is 66.0 Å². The van der Waals surface area contributed by atoms with E-state index in [1.807, 2.05) is 0 Å². The van der Waals surface area contributed by atoms with Gasteiger partial charge in [0, 0.05) is 17.8 Å². The van der Waals surface area contributed by atoms with Gasteiger partial charge in [0.25, 0.3) is 0 Å². The first-order valence-corrected chi connectivity index (χ1v) is 8.83. The molecule has 1 unspecified atom stereocenters. The SMILES string of the molecule is CC(C)c1csc(CC(N)c2ccc3c(c2)CCCC3)n1. The zero-order chi connectivity index (χ0) is 14.8. The number of hydrogen-bond donors (Lipinski definition) is 1. The molecule has 0 amide bonds. The summed E-state index contributed by atoms with van der Waals surface area (Å²) in [5, 5.41) is 3.32. The molecule has 1 aliphatic rings. The van der Waals surface area contributed by atoms with Gasteiger partial charge in [0.05, 0.1) is 10.7 Å². The van der Waals surface area contributed by atoms with E-state index in [1.54, 1.807) is 11.3 Å². The van der Waals surface area contributed by atoms with Crippen LogP contribution in [0.2, 0.25) is 0 Å². The van der Waals surface area contributed by atoms with Crippen molar-refractivity contribution in [1.29, 1.82) is 0 Å². The van der Waals surface area contributed by atoms with Crippen LogP contribution in [0, 0.1) is 0 Å². The molecule has 2 aromatic rings. The Bertz CT molecular complexity index is 615. The first kappa shape index (κ1) is 14.7. The van der Waals surface area contributed by atoms with Crippen LogP contribution in [0.4, 0.5) is 0 Å². The molecular formula is C18H24N2S. The van der Waals surface area contributed by atoms with Gasteiger partial charge in [-0.05, 0) is 48.3 Å². The number of aromatic nitrogens is 1. The highest BCUT2D eigenvalue weighted by molar-refractivity contribution is 7.09. The zero-order valence-corrected chi connectivity index (χ0v) is 13.7. The average molecular weight is 300 g/mol. The Hall–Kier alpha value is -1.19. The summed E-state index contributed by atoms with van der Waals surface area (Å²) < 4.78 is 0. The van der Waals surface area contributed by atoms with E-state index < -0.39 is 0 Å². The normalized spacial score (nSPS) is 16.0. The molecule has 21 heavy (non-hydrogen) atoms. The standard InChI is InChI=1S/C18H24N2S/c1-12(2)17-11-21-18(20-17)10-16(19)15-8-7-13-5-3-4-6-14(13)9-15/h7-9,11-12,16H,3-6,10,19H2,1-2H3. The van der Waals surface area contributed by atoms with Crippen molar-refractivity contribution in [2.75, 3.05) is 0 Å². The minimum atomic E-state index is 0.0587. The minimum absolute atomic E-state index is 0.0587. The molecule has 1 atom stereocenters. The van der Waals surface area contributed by atoms with Crippen LogP contribution in [0.25, 0.3) is 0 Å². The number of hydrogen-bond acceptors (Lipinski definition) is 3. The van der Waals surface area contributed by atoms with Crippen LogP contribution in [-0.2, 0) is 19.3 Å². The van der Waals surface area contributed by atoms with Crippen LogP contribution in [0.3, 0.4) is 0 Å². The fourth-order valence-electron chi connectivity index (χ4n) is 2.97. The fourth-order valence-corrected chi connectivity index (χ4v) is 3.99. The number of nitrogens with two attached hydrogens (primary N) is 1. The van der Waals surface area contributed by atoms with E-state index in [1.165, 1.54) is 48.1 Å². The van der Waals surface area contributed by atoms with Crippen LogP contribution >= 0.6 is 11.3 Å². The second-order valence-electron chi connectivity index (χ2n) is 6.37. The van der Waals surface area contributed by atoms with Crippen molar-refractivity contribution in [3.05, 3.63) is 51.0 Å². The maximum atomic E-state index is 6.41. The summed E-state index contributed by atoms with van der Waals surface area (Å²) in [6, 6.07) is 6.89. The van der Waals surface area contributed by atoms with E-state index in [2.05, 4.69) is 37.4 Å². The van der Waals surface area contributed by atoms with Crippen molar-refractivity contribution < 1.29 is 0 Å². The first-order chi connectivity index (χ1) is 10.1. The van der Waals surface area contributed by atoms with Gasteiger partial charge < -0.3 is 5.73 Å². The molecule has 1 aromatic carbocycles. The van der Waals surface area contributed by atoms with Gasteiger partial charge >= 0.3 is 0 Å². The van der Waals surface area contributed by atoms with Gasteiger partial charge in [-0.2, -0.15) is 0 Å². The molecule has 0 aliphatic heterocycles. The van der Waals surface area contributed by atoms with Gasteiger partial charge in [-0.3, -0.25) is 0 Å². The molecule has 0 saturated heterocycles. The summed E-state index contributed by atoms with van der Waals surface area (Å²) in [5.41, 5.74) is 11.9. The van der Waals surface area contributed by atoms with E-state index in [9.17, 15) is 0 Å². The number of rotatable bonds is 4. The minimum Gasteiger partial charge on any atom is -0.324 e. The first-order valence-electron chi connectivity index (χ1n) is 7.95. The van der Waals surface area contributed by atoms with E-state index in [4.69, 9.17) is 10.7 Å². The molecule has 0 bridgehead atoms. The largest absolute Gasteiger partial charge is 0.324 e. The van der Waals surface area contributed by atoms with Gasteiger partial charge in [0.2, 0.25) is 0 Å². The van der Waals surface area contributed by atoms with E-state index in [0.717, 1.165) is 11.4 Å². The number of benzene rings is 1. The van der Waals surface area contributed by atoms with Crippen molar-refractivity contribution in [2.45, 2.75) is 57.9 Å². The van der Waals surface area contributed by atoms with Crippen molar-refractivity contribution in [3.8, 4) is 0 Å². The van der Waals surface area contributed by atoms with Crippen molar-refractivity contribution in [2.24, 2.45) is 5.73 Å². The molecule has 0 saturated carbocycles. The lowest BCUT2D eigenvalue weighted by Gasteiger charge is -2.18. The highest BCUT2D eigenvalue weighted by Crippen LogP contribution is 2.26. The summed E-state index contributed by atoms with van der Waals surface area (Å²) in [4.78, 5) is 4.70. The molecule has 1 aliphatic carbocycles. The Morgan fingerprint density at radius 2 is 1.95 bits per heavy atom. The molecule has 112 valence electrons. The molecule has 3 heteroatoms. The average Bonchev–Trinajstić information content (AvgIpc) is 2.95. The van der Waals surface area contributed by atoms with Gasteiger partial charge in [0.15, 0.2) is 0 Å². The van der Waals surface area contributed by atoms with Crippen LogP contribution in [-0.4, -0.2) is 4.98 Å². The third-order valence-corrected chi connectivity index (χ3v) is 5.25. The Labute approximate surface area is 131 Å². The predicted molar refractivity (Wildman–Crippen MR) is 89.9 cm³/mol. The molecule has 0 radical (unpaired) electrons. The van der Waals surface area contributed by atoms with Gasteiger partial charge in [0.1, 0.15) is 0 Å². The summed E-state index contributed by atoms with van der Waals surface area (Å²) in [5.74, 6) is 0.495. The third kappa shape index (κ3) is 3.35. The van der Waals surface area contributed by atoms with Crippen molar-refractivity contribution in [3.63, 3.8) is 0 Å². The third-order valence-electron chi connectivity index (χ3n) is 4.36. The quantitative estimate of drug-likeness (QED) is 0.909. The lowest BCUT2D eigenvalue weighted by atomic mass is 9.89. The van der Waals surface area contributed by atoms with E-state index in [-0.39, 0.29) is 6.04 Å². The fraction of sp³-hybridized carbons (Fsp3) is 0.500. The smallest absolute Gasteiger partial charge is 0.0947 e. The molecule has 2 nitrogen and oxygen atoms in total. The number of thiazole rings is 1. The number of nitrogens with zero attached hydrogens (tertiary/aromatic N) is 1. The molecule has 0 fully saturated rings. The second kappa shape index (κ2) is 6.29. The van der Waals surface area contributed by atoms with E-state index in [0.29, 0.717) is 5.92 Å². The summed E-state index contributed by atoms with van der Waals surface area (Å²) >= 11 is 1.74. The molecule has 3 rings (SSSR count). The molecular weight excluding hydrogens is 276 g/mol. The predicted octanol–water partition coefficient (Wildman–Crippen LogP) is 4.39. The summed E-state index contributed by atoms with van der Waals surface area (Å²) in [6.45, 7) is 4.37. The second-order valence-corrected chi connectivity index (χ2v) is 7.31. The summed E-state index contributed by atoms with van der Waals surface area (Å²) in [6.07, 6.45) is 5.93. The van der Waals surface area contributed by atoms with Gasteiger partial charge in [-0.15, -0.1) is 11.3 Å². The molecule has 1 aromatic heterocycles. The Kier molecular flexibility index (Phi) is 4.41. The van der Waals surface area contributed by atoms with Crippen LogP contribution < -0.4 is 5.73 Å². The van der Waals surface area contributed by atoms with Crippen molar-refractivity contribution >= 4 is 11.3 Å². The highest BCUT2D eigenvalue weighted by atomic mass is 32.1. The van der Waals surface area contributed by atoms with Crippen molar-refractivity contribution in [1.82, 2.24) is 4.98 Å². The molecule has 1 heterocycles. The molecule has 0 spiro atoms. The van der Waals surface area contributed by atoms with Gasteiger partial charge in [-0.25, -0.2) is 4.98 Å². The Morgan fingerprint density at radius 1 is 1.19 bits per heavy atom. The lowest BCUT2D eigenvalue weighted by molar-refractivity contribution is 0.673. The van der Waals surface area contributed by atoms with E-state index >= 15 is 0 Å². The Balaban J connectivity index is 1.73. The van der Waals surface area contributed by atoms with Crippen LogP contribution in [0.5, 0.6) is 0 Å². The Morgan fingerprint density at radius 3 is 2.67 bits per heavy atom. The molecule has 2 N–H and O–H groups in total. The monoisotopic (exact) mass is 300 g/mol. The van der Waals surface area contributed by atoms with Crippen LogP contribution in [0.15, 0.2) is 23.6 Å². The topological polar surface area (TPSA) is 38.9 Å². The maximum absolute atomic E-state index is 6.41.